The summed E-state index contributed by atoms with van der Waals surface area (Å²) in [6.45, 7) is 6.06. The van der Waals surface area contributed by atoms with Gasteiger partial charge in [0.05, 0.1) is 6.10 Å². The molecule has 1 aromatic carbocycles. The van der Waals surface area contributed by atoms with Crippen molar-refractivity contribution >= 4 is 6.03 Å². The first-order valence-electron chi connectivity index (χ1n) is 8.38. The molecule has 2 unspecified atom stereocenters. The van der Waals surface area contributed by atoms with Crippen molar-refractivity contribution in [2.75, 3.05) is 19.6 Å². The molecule has 2 atom stereocenters. The van der Waals surface area contributed by atoms with Crippen molar-refractivity contribution in [1.82, 2.24) is 10.2 Å². The molecular formula is C18H28N2O2. The van der Waals surface area contributed by atoms with E-state index in [4.69, 9.17) is 0 Å². The molecule has 22 heavy (non-hydrogen) atoms. The SMILES string of the molecule is CCc1ccc(CCNC(=O)N2CCCC(C(C)O)C2)cc1. The van der Waals surface area contributed by atoms with Gasteiger partial charge in [0, 0.05) is 25.6 Å². The zero-order valence-electron chi connectivity index (χ0n) is 13.7. The molecule has 0 aromatic heterocycles. The van der Waals surface area contributed by atoms with E-state index in [2.05, 4.69) is 36.5 Å². The van der Waals surface area contributed by atoms with Gasteiger partial charge in [-0.25, -0.2) is 4.79 Å². The monoisotopic (exact) mass is 304 g/mol. The lowest BCUT2D eigenvalue weighted by Gasteiger charge is -2.34. The van der Waals surface area contributed by atoms with E-state index in [1.165, 1.54) is 11.1 Å². The molecular weight excluding hydrogens is 276 g/mol. The Morgan fingerprint density at radius 2 is 2.05 bits per heavy atom. The maximum absolute atomic E-state index is 12.2. The Balaban J connectivity index is 1.75. The highest BCUT2D eigenvalue weighted by Gasteiger charge is 2.26. The fourth-order valence-electron chi connectivity index (χ4n) is 2.96. The molecule has 122 valence electrons. The van der Waals surface area contributed by atoms with Crippen LogP contribution in [0.5, 0.6) is 0 Å². The fraction of sp³-hybridized carbons (Fsp3) is 0.611. The zero-order valence-corrected chi connectivity index (χ0v) is 13.7. The molecule has 1 aliphatic heterocycles. The average Bonchev–Trinajstić information content (AvgIpc) is 2.55. The number of rotatable bonds is 5. The summed E-state index contributed by atoms with van der Waals surface area (Å²) in [5, 5.41) is 12.7. The maximum atomic E-state index is 12.2. The number of hydrogen-bond donors (Lipinski definition) is 2. The third-order valence-electron chi connectivity index (χ3n) is 4.55. The van der Waals surface area contributed by atoms with Gasteiger partial charge in [-0.1, -0.05) is 31.2 Å². The third-order valence-corrected chi connectivity index (χ3v) is 4.55. The Bertz CT molecular complexity index is 470. The number of hydrogen-bond acceptors (Lipinski definition) is 2. The van der Waals surface area contributed by atoms with E-state index in [0.717, 1.165) is 32.2 Å². The summed E-state index contributed by atoms with van der Waals surface area (Å²) in [5.41, 5.74) is 2.59. The van der Waals surface area contributed by atoms with E-state index in [0.29, 0.717) is 13.1 Å². The van der Waals surface area contributed by atoms with Crippen molar-refractivity contribution in [3.05, 3.63) is 35.4 Å². The van der Waals surface area contributed by atoms with E-state index >= 15 is 0 Å². The predicted octanol–water partition coefficient (Wildman–Crippen LogP) is 2.59. The van der Waals surface area contributed by atoms with Gasteiger partial charge >= 0.3 is 6.03 Å². The van der Waals surface area contributed by atoms with Gasteiger partial charge in [-0.05, 0) is 43.7 Å². The first-order valence-corrected chi connectivity index (χ1v) is 8.38. The Morgan fingerprint density at radius 3 is 2.68 bits per heavy atom. The van der Waals surface area contributed by atoms with Gasteiger partial charge in [0.1, 0.15) is 0 Å². The number of aliphatic hydroxyl groups is 1. The van der Waals surface area contributed by atoms with E-state index in [9.17, 15) is 9.90 Å². The van der Waals surface area contributed by atoms with Crippen LogP contribution < -0.4 is 5.32 Å². The number of aryl methyl sites for hydroxylation is 1. The van der Waals surface area contributed by atoms with Gasteiger partial charge in [-0.3, -0.25) is 0 Å². The van der Waals surface area contributed by atoms with Crippen molar-refractivity contribution in [2.45, 2.75) is 45.6 Å². The molecule has 1 aromatic rings. The normalized spacial score (nSPS) is 19.8. The molecule has 2 rings (SSSR count). The van der Waals surface area contributed by atoms with Gasteiger partial charge in [-0.15, -0.1) is 0 Å². The molecule has 2 amide bonds. The first kappa shape index (κ1) is 16.8. The van der Waals surface area contributed by atoms with Crippen LogP contribution in [0.15, 0.2) is 24.3 Å². The minimum absolute atomic E-state index is 0.00414. The second-order valence-corrected chi connectivity index (χ2v) is 6.24. The number of nitrogens with zero attached hydrogens (tertiary/aromatic N) is 1. The molecule has 0 bridgehead atoms. The molecule has 4 heteroatoms. The van der Waals surface area contributed by atoms with Crippen molar-refractivity contribution in [2.24, 2.45) is 5.92 Å². The lowest BCUT2D eigenvalue weighted by Crippen LogP contribution is -2.47. The topological polar surface area (TPSA) is 52.6 Å². The Morgan fingerprint density at radius 1 is 1.36 bits per heavy atom. The molecule has 4 nitrogen and oxygen atoms in total. The lowest BCUT2D eigenvalue weighted by molar-refractivity contribution is 0.0740. The molecule has 2 N–H and O–H groups in total. The smallest absolute Gasteiger partial charge is 0.317 e. The van der Waals surface area contributed by atoms with E-state index < -0.39 is 0 Å². The summed E-state index contributed by atoms with van der Waals surface area (Å²) in [6.07, 6.45) is 3.54. The molecule has 0 radical (unpaired) electrons. The number of carbonyl (C=O) groups excluding carboxylic acids is 1. The second kappa shape index (κ2) is 8.18. The highest BCUT2D eigenvalue weighted by molar-refractivity contribution is 5.74. The fourth-order valence-corrected chi connectivity index (χ4v) is 2.96. The number of carbonyl (C=O) groups is 1. The Kier molecular flexibility index (Phi) is 6.25. The highest BCUT2D eigenvalue weighted by Crippen LogP contribution is 2.19. The van der Waals surface area contributed by atoms with E-state index in [1.807, 2.05) is 11.8 Å². The third kappa shape index (κ3) is 4.73. The van der Waals surface area contributed by atoms with E-state index in [1.54, 1.807) is 0 Å². The van der Waals surface area contributed by atoms with Crippen molar-refractivity contribution in [1.29, 1.82) is 0 Å². The standard InChI is InChI=1S/C18H28N2O2/c1-3-15-6-8-16(9-7-15)10-11-19-18(22)20-12-4-5-17(13-20)14(2)21/h6-9,14,17,21H,3-5,10-13H2,1-2H3,(H,19,22). The lowest BCUT2D eigenvalue weighted by atomic mass is 9.94. The highest BCUT2D eigenvalue weighted by atomic mass is 16.3. The number of aliphatic hydroxyl groups excluding tert-OH is 1. The van der Waals surface area contributed by atoms with Crippen LogP contribution in [-0.2, 0) is 12.8 Å². The number of urea groups is 1. The predicted molar refractivity (Wildman–Crippen MR) is 88.9 cm³/mol. The molecule has 1 saturated heterocycles. The van der Waals surface area contributed by atoms with Crippen molar-refractivity contribution in [3.8, 4) is 0 Å². The molecule has 0 spiro atoms. The number of piperidine rings is 1. The average molecular weight is 304 g/mol. The van der Waals surface area contributed by atoms with Crippen LogP contribution in [0.2, 0.25) is 0 Å². The second-order valence-electron chi connectivity index (χ2n) is 6.24. The van der Waals surface area contributed by atoms with Crippen LogP contribution in [0, 0.1) is 5.92 Å². The van der Waals surface area contributed by atoms with Crippen LogP contribution in [0.25, 0.3) is 0 Å². The largest absolute Gasteiger partial charge is 0.393 e. The molecule has 1 aliphatic rings. The molecule has 1 heterocycles. The van der Waals surface area contributed by atoms with Crippen LogP contribution in [-0.4, -0.2) is 41.8 Å². The van der Waals surface area contributed by atoms with Crippen LogP contribution in [0.3, 0.4) is 0 Å². The molecule has 0 saturated carbocycles. The van der Waals surface area contributed by atoms with Crippen LogP contribution in [0.1, 0.15) is 37.8 Å². The minimum Gasteiger partial charge on any atom is -0.393 e. The summed E-state index contributed by atoms with van der Waals surface area (Å²) >= 11 is 0. The minimum atomic E-state index is -0.340. The van der Waals surface area contributed by atoms with Gasteiger partial charge in [0.25, 0.3) is 0 Å². The Hall–Kier alpha value is -1.55. The quantitative estimate of drug-likeness (QED) is 0.878. The summed E-state index contributed by atoms with van der Waals surface area (Å²) in [4.78, 5) is 14.0. The van der Waals surface area contributed by atoms with Gasteiger partial charge in [0.15, 0.2) is 0 Å². The summed E-state index contributed by atoms with van der Waals surface area (Å²) in [6, 6.07) is 8.56. The van der Waals surface area contributed by atoms with Gasteiger partial charge in [0.2, 0.25) is 0 Å². The van der Waals surface area contributed by atoms with Crippen molar-refractivity contribution in [3.63, 3.8) is 0 Å². The first-order chi connectivity index (χ1) is 10.6. The van der Waals surface area contributed by atoms with Crippen molar-refractivity contribution < 1.29 is 9.90 Å². The Labute approximate surface area is 133 Å². The van der Waals surface area contributed by atoms with E-state index in [-0.39, 0.29) is 18.1 Å². The molecule has 0 aliphatic carbocycles. The maximum Gasteiger partial charge on any atom is 0.317 e. The summed E-state index contributed by atoms with van der Waals surface area (Å²) in [5.74, 6) is 0.209. The number of amides is 2. The molecule has 1 fully saturated rings. The van der Waals surface area contributed by atoms with Gasteiger partial charge < -0.3 is 15.3 Å². The summed E-state index contributed by atoms with van der Waals surface area (Å²) in [7, 11) is 0. The number of nitrogens with one attached hydrogen (secondary N) is 1. The van der Waals surface area contributed by atoms with Crippen LogP contribution >= 0.6 is 0 Å². The summed E-state index contributed by atoms with van der Waals surface area (Å²) < 4.78 is 0. The van der Waals surface area contributed by atoms with Gasteiger partial charge in [-0.2, -0.15) is 0 Å². The zero-order chi connectivity index (χ0) is 15.9. The number of benzene rings is 1. The van der Waals surface area contributed by atoms with Crippen LogP contribution in [0.4, 0.5) is 4.79 Å². The number of likely N-dealkylation sites (tertiary alicyclic amines) is 1.